The van der Waals surface area contributed by atoms with E-state index in [1.807, 2.05) is 11.3 Å². The molecule has 0 aliphatic heterocycles. The number of thiophene rings is 1. The Bertz CT molecular complexity index is 3010. The summed E-state index contributed by atoms with van der Waals surface area (Å²) in [5.41, 5.74) is 9.42. The van der Waals surface area contributed by atoms with E-state index >= 15 is 0 Å². The van der Waals surface area contributed by atoms with Gasteiger partial charge in [0.05, 0.1) is 0 Å². The first-order valence-electron chi connectivity index (χ1n) is 16.4. The summed E-state index contributed by atoms with van der Waals surface area (Å²) in [6, 6.07) is 57.8. The lowest BCUT2D eigenvalue weighted by Gasteiger charge is -2.19. The monoisotopic (exact) mass is 626 g/mol. The zero-order chi connectivity index (χ0) is 31.3. The van der Waals surface area contributed by atoms with Crippen molar-refractivity contribution in [3.63, 3.8) is 0 Å². The Morgan fingerprint density at radius 3 is 1.73 bits per heavy atom. The fourth-order valence-electron chi connectivity index (χ4n) is 8.27. The van der Waals surface area contributed by atoms with E-state index in [0.29, 0.717) is 0 Å². The molecule has 0 aliphatic carbocycles. The van der Waals surface area contributed by atoms with Crippen molar-refractivity contribution in [1.29, 1.82) is 0 Å². The van der Waals surface area contributed by atoms with Gasteiger partial charge in [0, 0.05) is 30.9 Å². The van der Waals surface area contributed by atoms with Gasteiger partial charge in [-0.25, -0.2) is 0 Å². The van der Waals surface area contributed by atoms with Gasteiger partial charge in [0.25, 0.3) is 0 Å². The van der Waals surface area contributed by atoms with Gasteiger partial charge in [-0.05, 0) is 102 Å². The molecule has 2 heterocycles. The van der Waals surface area contributed by atoms with E-state index in [1.165, 1.54) is 96.6 Å². The molecule has 0 unspecified atom stereocenters. The van der Waals surface area contributed by atoms with Crippen molar-refractivity contribution >= 4 is 85.8 Å². The van der Waals surface area contributed by atoms with Gasteiger partial charge in [-0.2, -0.15) is 0 Å². The molecule has 9 aromatic carbocycles. The molecule has 0 bridgehead atoms. The summed E-state index contributed by atoms with van der Waals surface area (Å²) in [4.78, 5) is 0. The lowest BCUT2D eigenvalue weighted by atomic mass is 9.83. The number of rotatable bonds is 3. The summed E-state index contributed by atoms with van der Waals surface area (Å²) < 4.78 is 9.00. The van der Waals surface area contributed by atoms with E-state index in [9.17, 15) is 0 Å². The van der Waals surface area contributed by atoms with Crippen molar-refractivity contribution in [3.05, 3.63) is 158 Å². The van der Waals surface area contributed by atoms with Gasteiger partial charge in [0.15, 0.2) is 0 Å². The van der Waals surface area contributed by atoms with Crippen LogP contribution in [0.4, 0.5) is 0 Å². The highest BCUT2D eigenvalue weighted by atomic mass is 32.1. The number of furan rings is 1. The quantitative estimate of drug-likeness (QED) is 0.140. The molecule has 0 saturated heterocycles. The maximum atomic E-state index is 6.35. The minimum absolute atomic E-state index is 0.941. The Hall–Kier alpha value is -5.96. The van der Waals surface area contributed by atoms with Crippen molar-refractivity contribution < 1.29 is 4.42 Å². The average molecular weight is 627 g/mol. The van der Waals surface area contributed by atoms with Gasteiger partial charge in [-0.3, -0.25) is 0 Å². The standard InChI is InChI=1S/C46H26OS/c1-3-16-33-31(14-1)42(28-12-7-11-27(25-28)30-19-10-24-41-45(30)36-18-5-6-23-40(36)48-41)32-15-2-4-17-34(32)44(33)37-26-29-13-8-21-38-43(29)46-35(37)20-9-22-39(46)47-38/h1-26H. The zero-order valence-electron chi connectivity index (χ0n) is 25.8. The van der Waals surface area contributed by atoms with Crippen LogP contribution in [0.5, 0.6) is 0 Å². The van der Waals surface area contributed by atoms with Crippen LogP contribution in [0, 0.1) is 0 Å². The lowest BCUT2D eigenvalue weighted by Crippen LogP contribution is -1.92. The first kappa shape index (κ1) is 26.1. The topological polar surface area (TPSA) is 13.1 Å². The number of hydrogen-bond acceptors (Lipinski definition) is 2. The molecular formula is C46H26OS. The Kier molecular flexibility index (Phi) is 5.32. The number of benzene rings is 9. The summed E-state index contributed by atoms with van der Waals surface area (Å²) >= 11 is 1.87. The molecular weight excluding hydrogens is 601 g/mol. The molecule has 0 N–H and O–H groups in total. The predicted molar refractivity (Wildman–Crippen MR) is 207 cm³/mol. The first-order chi connectivity index (χ1) is 23.8. The SMILES string of the molecule is c1cc(-c2c3ccccc3c(-c3cc4cccc5oc6cccc3c6c45)c3ccccc23)cc(-c2cccc3sc4ccccc4c23)c1. The van der Waals surface area contributed by atoms with Crippen LogP contribution in [-0.2, 0) is 0 Å². The van der Waals surface area contributed by atoms with E-state index < -0.39 is 0 Å². The normalized spacial score (nSPS) is 12.2. The second-order valence-electron chi connectivity index (χ2n) is 12.8. The number of hydrogen-bond donors (Lipinski definition) is 0. The molecule has 11 rings (SSSR count). The van der Waals surface area contributed by atoms with Crippen LogP contribution >= 0.6 is 11.3 Å². The Balaban J connectivity index is 1.22. The second kappa shape index (κ2) is 9.78. The van der Waals surface area contributed by atoms with Crippen molar-refractivity contribution in [1.82, 2.24) is 0 Å². The van der Waals surface area contributed by atoms with Crippen molar-refractivity contribution in [3.8, 4) is 33.4 Å². The third kappa shape index (κ3) is 3.55. The van der Waals surface area contributed by atoms with Crippen LogP contribution in [0.3, 0.4) is 0 Å². The summed E-state index contributed by atoms with van der Waals surface area (Å²) in [6.45, 7) is 0. The fraction of sp³-hybridized carbons (Fsp3) is 0. The van der Waals surface area contributed by atoms with Crippen LogP contribution in [-0.4, -0.2) is 0 Å². The Morgan fingerprint density at radius 2 is 0.938 bits per heavy atom. The van der Waals surface area contributed by atoms with Gasteiger partial charge in [0.1, 0.15) is 11.2 Å². The highest BCUT2D eigenvalue weighted by Gasteiger charge is 2.22. The van der Waals surface area contributed by atoms with Gasteiger partial charge < -0.3 is 4.42 Å². The molecule has 0 aliphatic rings. The average Bonchev–Trinajstić information content (AvgIpc) is 3.72. The molecule has 1 nitrogen and oxygen atoms in total. The third-order valence-corrected chi connectivity index (χ3v) is 11.3. The summed E-state index contributed by atoms with van der Waals surface area (Å²) in [7, 11) is 0. The third-order valence-electron chi connectivity index (χ3n) is 10.2. The van der Waals surface area contributed by atoms with Crippen LogP contribution in [0.1, 0.15) is 0 Å². The molecule has 0 spiro atoms. The van der Waals surface area contributed by atoms with E-state index in [0.717, 1.165) is 11.2 Å². The largest absolute Gasteiger partial charge is 0.456 e. The van der Waals surface area contributed by atoms with E-state index in [1.54, 1.807) is 0 Å². The molecule has 0 radical (unpaired) electrons. The summed E-state index contributed by atoms with van der Waals surface area (Å²) in [5, 5.41) is 12.5. The first-order valence-corrected chi connectivity index (χ1v) is 17.2. The van der Waals surface area contributed by atoms with Crippen LogP contribution in [0.25, 0.3) is 108 Å². The van der Waals surface area contributed by atoms with Gasteiger partial charge >= 0.3 is 0 Å². The maximum absolute atomic E-state index is 6.35. The van der Waals surface area contributed by atoms with Crippen molar-refractivity contribution in [2.75, 3.05) is 0 Å². The van der Waals surface area contributed by atoms with E-state index in [2.05, 4.69) is 158 Å². The van der Waals surface area contributed by atoms with Gasteiger partial charge in [-0.15, -0.1) is 11.3 Å². The van der Waals surface area contributed by atoms with Gasteiger partial charge in [-0.1, -0.05) is 121 Å². The molecule has 0 atom stereocenters. The summed E-state index contributed by atoms with van der Waals surface area (Å²) in [5.74, 6) is 0. The van der Waals surface area contributed by atoms with E-state index in [-0.39, 0.29) is 0 Å². The fourth-order valence-corrected chi connectivity index (χ4v) is 9.40. The lowest BCUT2D eigenvalue weighted by molar-refractivity contribution is 0.669. The smallest absolute Gasteiger partial charge is 0.136 e. The Labute approximate surface area is 280 Å². The van der Waals surface area contributed by atoms with Crippen LogP contribution in [0.2, 0.25) is 0 Å². The molecule has 11 aromatic rings. The predicted octanol–water partition coefficient (Wildman–Crippen LogP) is 13.9. The molecule has 0 amide bonds. The molecule has 222 valence electrons. The maximum Gasteiger partial charge on any atom is 0.136 e. The highest BCUT2D eigenvalue weighted by Crippen LogP contribution is 2.49. The summed E-state index contributed by atoms with van der Waals surface area (Å²) in [6.07, 6.45) is 0. The molecule has 48 heavy (non-hydrogen) atoms. The molecule has 2 aromatic heterocycles. The van der Waals surface area contributed by atoms with Crippen LogP contribution in [0.15, 0.2) is 162 Å². The van der Waals surface area contributed by atoms with Crippen molar-refractivity contribution in [2.24, 2.45) is 0 Å². The van der Waals surface area contributed by atoms with Crippen molar-refractivity contribution in [2.45, 2.75) is 0 Å². The zero-order valence-corrected chi connectivity index (χ0v) is 26.6. The van der Waals surface area contributed by atoms with E-state index in [4.69, 9.17) is 4.42 Å². The highest BCUT2D eigenvalue weighted by molar-refractivity contribution is 7.25. The Morgan fingerprint density at radius 1 is 0.354 bits per heavy atom. The molecule has 0 fully saturated rings. The number of fused-ring (bicyclic) bond motifs is 5. The van der Waals surface area contributed by atoms with Gasteiger partial charge in [0.2, 0.25) is 0 Å². The molecule has 2 heteroatoms. The minimum atomic E-state index is 0.941. The van der Waals surface area contributed by atoms with Crippen LogP contribution < -0.4 is 0 Å². The minimum Gasteiger partial charge on any atom is -0.456 e. The second-order valence-corrected chi connectivity index (χ2v) is 13.8. The molecule has 0 saturated carbocycles.